The fourth-order valence-electron chi connectivity index (χ4n) is 1.76. The van der Waals surface area contributed by atoms with Crippen molar-refractivity contribution in [2.24, 2.45) is 0 Å². The van der Waals surface area contributed by atoms with E-state index in [4.69, 9.17) is 4.74 Å². The molecule has 14 heavy (non-hydrogen) atoms. The zero-order chi connectivity index (χ0) is 9.97. The number of benzene rings is 1. The summed E-state index contributed by atoms with van der Waals surface area (Å²) in [7, 11) is 0. The normalized spacial score (nSPS) is 21.1. The maximum atomic E-state index is 5.92. The number of hydrogen-bond donors (Lipinski definition) is 1. The van der Waals surface area contributed by atoms with Crippen molar-refractivity contribution in [2.75, 3.05) is 13.1 Å². The molecule has 1 N–H and O–H groups in total. The summed E-state index contributed by atoms with van der Waals surface area (Å²) in [6.45, 7) is 6.30. The summed E-state index contributed by atoms with van der Waals surface area (Å²) in [6.07, 6.45) is 1.48. The van der Waals surface area contributed by atoms with Gasteiger partial charge in [-0.15, -0.1) is 0 Å². The Morgan fingerprint density at radius 2 is 2.21 bits per heavy atom. The predicted molar refractivity (Wildman–Crippen MR) is 57.8 cm³/mol. The quantitative estimate of drug-likeness (QED) is 0.772. The molecule has 1 saturated heterocycles. The van der Waals surface area contributed by atoms with Gasteiger partial charge in [-0.25, -0.2) is 0 Å². The van der Waals surface area contributed by atoms with Crippen molar-refractivity contribution < 1.29 is 4.74 Å². The lowest BCUT2D eigenvalue weighted by Crippen LogP contribution is -2.20. The number of nitrogens with one attached hydrogen (secondary N) is 1. The molecule has 0 spiro atoms. The van der Waals surface area contributed by atoms with E-state index in [2.05, 4.69) is 37.4 Å². The third-order valence-corrected chi connectivity index (χ3v) is 2.86. The SMILES string of the molecule is Cc1cccc(O[C@@H]2CCNC2)c1C. The van der Waals surface area contributed by atoms with Gasteiger partial charge in [-0.1, -0.05) is 12.1 Å². The molecule has 2 nitrogen and oxygen atoms in total. The molecule has 1 fully saturated rings. The third-order valence-electron chi connectivity index (χ3n) is 2.86. The molecule has 1 aromatic carbocycles. The van der Waals surface area contributed by atoms with Crippen LogP contribution in [-0.2, 0) is 0 Å². The fraction of sp³-hybridized carbons (Fsp3) is 0.500. The Labute approximate surface area is 85.3 Å². The average Bonchev–Trinajstić information content (AvgIpc) is 2.66. The van der Waals surface area contributed by atoms with Crippen LogP contribution >= 0.6 is 0 Å². The fourth-order valence-corrected chi connectivity index (χ4v) is 1.76. The molecule has 1 aromatic rings. The number of hydrogen-bond acceptors (Lipinski definition) is 2. The third kappa shape index (κ3) is 1.90. The van der Waals surface area contributed by atoms with E-state index in [1.54, 1.807) is 0 Å². The summed E-state index contributed by atoms with van der Waals surface area (Å²) in [5.74, 6) is 1.04. The van der Waals surface area contributed by atoms with Crippen molar-refractivity contribution in [3.8, 4) is 5.75 Å². The Kier molecular flexibility index (Phi) is 2.73. The van der Waals surface area contributed by atoms with Crippen molar-refractivity contribution in [3.63, 3.8) is 0 Å². The molecule has 1 atom stereocenters. The second-order valence-electron chi connectivity index (χ2n) is 3.93. The van der Waals surface area contributed by atoms with Gasteiger partial charge in [0.25, 0.3) is 0 Å². The van der Waals surface area contributed by atoms with Crippen LogP contribution in [0.4, 0.5) is 0 Å². The maximum Gasteiger partial charge on any atom is 0.122 e. The lowest BCUT2D eigenvalue weighted by atomic mass is 10.1. The lowest BCUT2D eigenvalue weighted by Gasteiger charge is -2.15. The predicted octanol–water partition coefficient (Wildman–Crippen LogP) is 2.04. The van der Waals surface area contributed by atoms with Crippen LogP contribution in [-0.4, -0.2) is 19.2 Å². The van der Waals surface area contributed by atoms with E-state index in [9.17, 15) is 0 Å². The van der Waals surface area contributed by atoms with E-state index in [0.29, 0.717) is 6.10 Å². The van der Waals surface area contributed by atoms with Crippen LogP contribution in [0, 0.1) is 13.8 Å². The largest absolute Gasteiger partial charge is 0.489 e. The average molecular weight is 191 g/mol. The molecule has 76 valence electrons. The Balaban J connectivity index is 2.11. The van der Waals surface area contributed by atoms with Crippen LogP contribution < -0.4 is 10.1 Å². The Hall–Kier alpha value is -1.02. The van der Waals surface area contributed by atoms with Crippen LogP contribution in [0.1, 0.15) is 17.5 Å². The van der Waals surface area contributed by atoms with Crippen molar-refractivity contribution >= 4 is 0 Å². The molecule has 0 aliphatic carbocycles. The molecule has 2 rings (SSSR count). The van der Waals surface area contributed by atoms with Crippen LogP contribution in [0.2, 0.25) is 0 Å². The minimum absolute atomic E-state index is 0.357. The smallest absolute Gasteiger partial charge is 0.122 e. The molecule has 0 unspecified atom stereocenters. The first-order valence-electron chi connectivity index (χ1n) is 5.21. The van der Waals surface area contributed by atoms with Gasteiger partial charge in [0.1, 0.15) is 11.9 Å². The lowest BCUT2D eigenvalue weighted by molar-refractivity contribution is 0.221. The zero-order valence-corrected chi connectivity index (χ0v) is 8.84. The van der Waals surface area contributed by atoms with Crippen molar-refractivity contribution in [1.29, 1.82) is 0 Å². The van der Waals surface area contributed by atoms with E-state index in [1.807, 2.05) is 0 Å². The highest BCUT2D eigenvalue weighted by atomic mass is 16.5. The van der Waals surface area contributed by atoms with Gasteiger partial charge in [-0.2, -0.15) is 0 Å². The van der Waals surface area contributed by atoms with Crippen molar-refractivity contribution in [1.82, 2.24) is 5.32 Å². The van der Waals surface area contributed by atoms with Crippen LogP contribution in [0.15, 0.2) is 18.2 Å². The first-order valence-corrected chi connectivity index (χ1v) is 5.21. The van der Waals surface area contributed by atoms with Gasteiger partial charge >= 0.3 is 0 Å². The molecule has 2 heteroatoms. The Morgan fingerprint density at radius 3 is 2.93 bits per heavy atom. The summed E-state index contributed by atoms with van der Waals surface area (Å²) in [5, 5.41) is 3.30. The van der Waals surface area contributed by atoms with Crippen molar-refractivity contribution in [2.45, 2.75) is 26.4 Å². The van der Waals surface area contributed by atoms with Gasteiger partial charge in [0.15, 0.2) is 0 Å². The minimum Gasteiger partial charge on any atom is -0.489 e. The van der Waals surface area contributed by atoms with E-state index in [-0.39, 0.29) is 0 Å². The first kappa shape index (κ1) is 9.53. The molecular weight excluding hydrogens is 174 g/mol. The van der Waals surface area contributed by atoms with Gasteiger partial charge in [0.2, 0.25) is 0 Å². The minimum atomic E-state index is 0.357. The number of ether oxygens (including phenoxy) is 1. The topological polar surface area (TPSA) is 21.3 Å². The number of rotatable bonds is 2. The Morgan fingerprint density at radius 1 is 1.36 bits per heavy atom. The zero-order valence-electron chi connectivity index (χ0n) is 8.84. The highest BCUT2D eigenvalue weighted by Crippen LogP contribution is 2.22. The summed E-state index contributed by atoms with van der Waals surface area (Å²) < 4.78 is 5.92. The van der Waals surface area contributed by atoms with E-state index in [0.717, 1.165) is 25.3 Å². The first-order chi connectivity index (χ1) is 6.77. The monoisotopic (exact) mass is 191 g/mol. The molecule has 1 aliphatic heterocycles. The van der Waals surface area contributed by atoms with Gasteiger partial charge in [-0.05, 0) is 44.0 Å². The summed E-state index contributed by atoms with van der Waals surface area (Å²) in [6, 6.07) is 6.23. The number of aryl methyl sites for hydroxylation is 1. The van der Waals surface area contributed by atoms with Crippen LogP contribution in [0.5, 0.6) is 5.75 Å². The van der Waals surface area contributed by atoms with Gasteiger partial charge < -0.3 is 10.1 Å². The molecule has 1 aliphatic rings. The van der Waals surface area contributed by atoms with Crippen molar-refractivity contribution in [3.05, 3.63) is 29.3 Å². The van der Waals surface area contributed by atoms with E-state index < -0.39 is 0 Å². The maximum absolute atomic E-state index is 5.92. The summed E-state index contributed by atoms with van der Waals surface area (Å²) in [4.78, 5) is 0. The van der Waals surface area contributed by atoms with Crippen LogP contribution in [0.3, 0.4) is 0 Å². The van der Waals surface area contributed by atoms with E-state index in [1.165, 1.54) is 11.1 Å². The highest BCUT2D eigenvalue weighted by molar-refractivity contribution is 5.38. The molecule has 0 amide bonds. The molecule has 0 radical (unpaired) electrons. The molecule has 1 heterocycles. The van der Waals surface area contributed by atoms with Gasteiger partial charge in [0.05, 0.1) is 0 Å². The Bertz CT molecular complexity index is 316. The van der Waals surface area contributed by atoms with E-state index >= 15 is 0 Å². The molecule has 0 bridgehead atoms. The molecular formula is C12H17NO. The molecule has 0 saturated carbocycles. The second kappa shape index (κ2) is 4.01. The molecule has 0 aromatic heterocycles. The summed E-state index contributed by atoms with van der Waals surface area (Å²) >= 11 is 0. The summed E-state index contributed by atoms with van der Waals surface area (Å²) in [5.41, 5.74) is 2.56. The second-order valence-corrected chi connectivity index (χ2v) is 3.93. The van der Waals surface area contributed by atoms with Gasteiger partial charge in [0, 0.05) is 6.54 Å². The van der Waals surface area contributed by atoms with Crippen LogP contribution in [0.25, 0.3) is 0 Å². The highest BCUT2D eigenvalue weighted by Gasteiger charge is 2.16. The van der Waals surface area contributed by atoms with Gasteiger partial charge in [-0.3, -0.25) is 0 Å². The standard InChI is InChI=1S/C12H17NO/c1-9-4-3-5-12(10(9)2)14-11-6-7-13-8-11/h3-5,11,13H,6-8H2,1-2H3/t11-/m1/s1.